The zero-order valence-corrected chi connectivity index (χ0v) is 12.5. The van der Waals surface area contributed by atoms with E-state index in [0.29, 0.717) is 0 Å². The van der Waals surface area contributed by atoms with E-state index in [0.717, 1.165) is 43.4 Å². The van der Waals surface area contributed by atoms with E-state index in [2.05, 4.69) is 28.2 Å². The Labute approximate surface area is 119 Å². The zero-order valence-electron chi connectivity index (χ0n) is 11.7. The Bertz CT molecular complexity index is 995. The number of fused-ring (bicyclic) bond motifs is 5. The standard InChI is InChI=1S/C14H13N5S/c1-6-5-7(2)15-14-10(6)11-12(20-14)13-18-17-9(4)19(13)8(3)16-11/h5H,1-4H3. The van der Waals surface area contributed by atoms with Crippen LogP contribution in [-0.4, -0.2) is 24.6 Å². The number of rotatable bonds is 0. The summed E-state index contributed by atoms with van der Waals surface area (Å²) in [4.78, 5) is 10.4. The average molecular weight is 283 g/mol. The van der Waals surface area contributed by atoms with Gasteiger partial charge >= 0.3 is 0 Å². The minimum absolute atomic E-state index is 0.866. The molecule has 0 saturated carbocycles. The van der Waals surface area contributed by atoms with Crippen molar-refractivity contribution in [2.75, 3.05) is 0 Å². The molecule has 5 nitrogen and oxygen atoms in total. The lowest BCUT2D eigenvalue weighted by Crippen LogP contribution is -1.97. The number of hydrogen-bond acceptors (Lipinski definition) is 5. The molecule has 20 heavy (non-hydrogen) atoms. The second-order valence-electron chi connectivity index (χ2n) is 5.11. The summed E-state index contributed by atoms with van der Waals surface area (Å²) < 4.78 is 3.06. The van der Waals surface area contributed by atoms with Crippen LogP contribution >= 0.6 is 11.3 Å². The van der Waals surface area contributed by atoms with Crippen LogP contribution in [0.2, 0.25) is 0 Å². The molecule has 0 spiro atoms. The predicted molar refractivity (Wildman–Crippen MR) is 80.4 cm³/mol. The maximum atomic E-state index is 4.77. The van der Waals surface area contributed by atoms with Crippen molar-refractivity contribution in [2.45, 2.75) is 27.7 Å². The Morgan fingerprint density at radius 3 is 2.60 bits per heavy atom. The Kier molecular flexibility index (Phi) is 2.18. The van der Waals surface area contributed by atoms with Gasteiger partial charge in [0.1, 0.15) is 21.2 Å². The number of thiophene rings is 1. The molecule has 0 amide bonds. The molecule has 0 unspecified atom stereocenters. The number of pyridine rings is 1. The summed E-state index contributed by atoms with van der Waals surface area (Å²) in [5, 5.41) is 9.63. The minimum Gasteiger partial charge on any atom is -0.266 e. The van der Waals surface area contributed by atoms with Gasteiger partial charge < -0.3 is 0 Å². The second kappa shape index (κ2) is 3.73. The largest absolute Gasteiger partial charge is 0.266 e. The third-order valence-corrected chi connectivity index (χ3v) is 4.66. The van der Waals surface area contributed by atoms with Gasteiger partial charge in [-0.05, 0) is 39.3 Å². The van der Waals surface area contributed by atoms with Crippen LogP contribution in [0.5, 0.6) is 0 Å². The van der Waals surface area contributed by atoms with E-state index in [-0.39, 0.29) is 0 Å². The van der Waals surface area contributed by atoms with E-state index in [1.54, 1.807) is 11.3 Å². The number of nitrogens with zero attached hydrogens (tertiary/aromatic N) is 5. The average Bonchev–Trinajstić information content (AvgIpc) is 2.90. The fraction of sp³-hybridized carbons (Fsp3) is 0.286. The highest BCUT2D eigenvalue weighted by molar-refractivity contribution is 7.26. The molecule has 6 heteroatoms. The van der Waals surface area contributed by atoms with Crippen molar-refractivity contribution in [3.05, 3.63) is 29.0 Å². The molecule has 0 aromatic carbocycles. The Morgan fingerprint density at radius 2 is 1.80 bits per heavy atom. The maximum absolute atomic E-state index is 4.77. The molecule has 100 valence electrons. The number of hydrogen-bond donors (Lipinski definition) is 0. The summed E-state index contributed by atoms with van der Waals surface area (Å²) in [6, 6.07) is 2.10. The first kappa shape index (κ1) is 11.7. The van der Waals surface area contributed by atoms with Gasteiger partial charge in [0.25, 0.3) is 0 Å². The van der Waals surface area contributed by atoms with Crippen LogP contribution in [-0.2, 0) is 0 Å². The molecule has 4 rings (SSSR count). The SMILES string of the molecule is Cc1cc(C)c2c(n1)sc1c2nc(C)n2c(C)nnc12. The van der Waals surface area contributed by atoms with Gasteiger partial charge in [-0.25, -0.2) is 9.97 Å². The Morgan fingerprint density at radius 1 is 1.00 bits per heavy atom. The lowest BCUT2D eigenvalue weighted by molar-refractivity contribution is 0.943. The van der Waals surface area contributed by atoms with Crippen molar-refractivity contribution in [3.63, 3.8) is 0 Å². The Hall–Kier alpha value is -2.08. The van der Waals surface area contributed by atoms with Crippen LogP contribution in [0, 0.1) is 27.7 Å². The lowest BCUT2D eigenvalue weighted by atomic mass is 10.1. The molecule has 0 aliphatic carbocycles. The van der Waals surface area contributed by atoms with Crippen molar-refractivity contribution in [3.8, 4) is 0 Å². The van der Waals surface area contributed by atoms with E-state index in [1.807, 2.05) is 25.2 Å². The monoisotopic (exact) mass is 283 g/mol. The van der Waals surface area contributed by atoms with E-state index in [9.17, 15) is 0 Å². The summed E-state index contributed by atoms with van der Waals surface area (Å²) in [6.45, 7) is 8.07. The van der Waals surface area contributed by atoms with Gasteiger partial charge in [0.15, 0.2) is 5.65 Å². The van der Waals surface area contributed by atoms with Crippen molar-refractivity contribution in [2.24, 2.45) is 0 Å². The van der Waals surface area contributed by atoms with Gasteiger partial charge in [0.05, 0.1) is 5.52 Å². The fourth-order valence-corrected chi connectivity index (χ4v) is 4.00. The van der Waals surface area contributed by atoms with Crippen LogP contribution in [0.4, 0.5) is 0 Å². The van der Waals surface area contributed by atoms with Crippen molar-refractivity contribution in [1.29, 1.82) is 0 Å². The molecule has 0 aliphatic heterocycles. The zero-order chi connectivity index (χ0) is 14.0. The molecule has 0 saturated heterocycles. The van der Waals surface area contributed by atoms with Crippen molar-refractivity contribution in [1.82, 2.24) is 24.6 Å². The molecular formula is C14H13N5S. The van der Waals surface area contributed by atoms with Crippen LogP contribution in [0.3, 0.4) is 0 Å². The highest BCUT2D eigenvalue weighted by Crippen LogP contribution is 2.36. The highest BCUT2D eigenvalue weighted by atomic mass is 32.1. The van der Waals surface area contributed by atoms with Gasteiger partial charge in [-0.3, -0.25) is 4.40 Å². The Balaban J connectivity index is 2.33. The van der Waals surface area contributed by atoms with Crippen LogP contribution in [0.1, 0.15) is 22.9 Å². The smallest absolute Gasteiger partial charge is 0.181 e. The molecule has 4 aromatic rings. The van der Waals surface area contributed by atoms with Gasteiger partial charge in [-0.1, -0.05) is 0 Å². The van der Waals surface area contributed by atoms with Crippen LogP contribution < -0.4 is 0 Å². The summed E-state index contributed by atoms with van der Waals surface area (Å²) in [6.07, 6.45) is 0. The summed E-state index contributed by atoms with van der Waals surface area (Å²) >= 11 is 1.64. The molecule has 0 N–H and O–H groups in total. The first-order chi connectivity index (χ1) is 9.56. The minimum atomic E-state index is 0.866. The predicted octanol–water partition coefficient (Wildman–Crippen LogP) is 3.12. The van der Waals surface area contributed by atoms with E-state index in [4.69, 9.17) is 4.98 Å². The normalized spacial score (nSPS) is 12.0. The third kappa shape index (κ3) is 1.37. The molecule has 4 heterocycles. The summed E-state index contributed by atoms with van der Waals surface area (Å²) in [5.41, 5.74) is 4.12. The number of aryl methyl sites for hydroxylation is 4. The third-order valence-electron chi connectivity index (χ3n) is 3.59. The van der Waals surface area contributed by atoms with Gasteiger partial charge in [-0.15, -0.1) is 21.5 Å². The molecule has 0 aliphatic rings. The molecular weight excluding hydrogens is 270 g/mol. The van der Waals surface area contributed by atoms with Gasteiger partial charge in [-0.2, -0.15) is 0 Å². The van der Waals surface area contributed by atoms with E-state index < -0.39 is 0 Å². The molecule has 0 fully saturated rings. The fourth-order valence-electron chi connectivity index (χ4n) is 2.79. The number of aromatic nitrogens is 5. The maximum Gasteiger partial charge on any atom is 0.181 e. The molecule has 0 atom stereocenters. The highest BCUT2D eigenvalue weighted by Gasteiger charge is 2.17. The van der Waals surface area contributed by atoms with Crippen molar-refractivity contribution < 1.29 is 0 Å². The quantitative estimate of drug-likeness (QED) is 0.497. The summed E-state index contributed by atoms with van der Waals surface area (Å²) in [5.74, 6) is 1.78. The van der Waals surface area contributed by atoms with Gasteiger partial charge in [0.2, 0.25) is 0 Å². The first-order valence-electron chi connectivity index (χ1n) is 6.45. The second-order valence-corrected chi connectivity index (χ2v) is 6.10. The lowest BCUT2D eigenvalue weighted by Gasteiger charge is -2.02. The molecule has 0 bridgehead atoms. The van der Waals surface area contributed by atoms with E-state index in [1.165, 1.54) is 5.56 Å². The molecule has 0 radical (unpaired) electrons. The van der Waals surface area contributed by atoms with Crippen molar-refractivity contribution >= 4 is 37.4 Å². The summed E-state index contributed by atoms with van der Waals surface area (Å²) in [7, 11) is 0. The topological polar surface area (TPSA) is 56.0 Å². The first-order valence-corrected chi connectivity index (χ1v) is 7.26. The van der Waals surface area contributed by atoms with Crippen LogP contribution in [0.15, 0.2) is 6.07 Å². The van der Waals surface area contributed by atoms with E-state index >= 15 is 0 Å². The van der Waals surface area contributed by atoms with Crippen LogP contribution in [0.25, 0.3) is 26.1 Å². The molecule has 4 aromatic heterocycles. The van der Waals surface area contributed by atoms with Gasteiger partial charge in [0, 0.05) is 11.1 Å².